The van der Waals surface area contributed by atoms with Crippen LogP contribution in [0.3, 0.4) is 0 Å². The number of nitrogens with zero attached hydrogens (tertiary/aromatic N) is 6. The first-order valence-corrected chi connectivity index (χ1v) is 43.4. The highest BCUT2D eigenvalue weighted by atomic mass is 19.1. The lowest BCUT2D eigenvalue weighted by atomic mass is 9.86. The Morgan fingerprint density at radius 1 is 0.500 bits per heavy atom. The van der Waals surface area contributed by atoms with Crippen molar-refractivity contribution in [2.75, 3.05) is 108 Å². The number of likely N-dealkylation sites (tertiary alicyclic amines) is 3. The molecular weight excluding hydrogens is 1480 g/mol. The van der Waals surface area contributed by atoms with E-state index >= 15 is 0 Å². The Balaban J connectivity index is 0.000000137. The first kappa shape index (κ1) is 83.4. The van der Waals surface area contributed by atoms with Crippen molar-refractivity contribution in [2.24, 2.45) is 16.2 Å². The lowest BCUT2D eigenvalue weighted by Gasteiger charge is -2.33. The Bertz CT molecular complexity index is 4350. The van der Waals surface area contributed by atoms with Crippen molar-refractivity contribution < 1.29 is 71.3 Å². The van der Waals surface area contributed by atoms with E-state index in [0.29, 0.717) is 101 Å². The van der Waals surface area contributed by atoms with Crippen LogP contribution in [0.4, 0.5) is 30.6 Å². The average Bonchev–Trinajstić information content (AvgIpc) is 1.56. The third kappa shape index (κ3) is 21.3. The fourth-order valence-electron chi connectivity index (χ4n) is 19.1. The molecule has 0 amide bonds. The molecule has 6 aromatic rings. The summed E-state index contributed by atoms with van der Waals surface area (Å²) >= 11 is 0. The number of rotatable bonds is 30. The number of unbranched alkanes of at least 4 members (excludes halogenated alkanes) is 3. The highest BCUT2D eigenvalue weighted by Gasteiger charge is 2.49. The van der Waals surface area contributed by atoms with Gasteiger partial charge in [-0.15, -0.1) is 0 Å². The van der Waals surface area contributed by atoms with Gasteiger partial charge in [-0.3, -0.25) is 29.1 Å². The van der Waals surface area contributed by atoms with Crippen molar-refractivity contribution in [3.05, 3.63) is 176 Å². The number of carbonyl (C=O) groups is 3. The van der Waals surface area contributed by atoms with E-state index in [2.05, 4.69) is 66.2 Å². The number of ether oxygens (including phenoxy) is 6. The molecule has 6 saturated heterocycles. The SMILES string of the molecule is CC1(C)COC(c2ccc(F)cc2[C@H](C(=O)O)N2CC[C@@H](OCCCCc3ccc4c(n3)NCCC4)C2)C1.O=C(O)C1[C@H](OCCCCc2ccc3c(n2)NCCC3)CCN1Cc1cc(F)ccc1[C@@H]1CCC2(CC2)CO1.O=C(O)[C@@H](c1cc(F)ccc1[C@H]1CCC2(CC2)CO1)N1CC[C@@H](OCCCCc2ccc3c(n2)NCCC3)C1. The summed E-state index contributed by atoms with van der Waals surface area (Å²) in [5.41, 5.74) is 12.4. The van der Waals surface area contributed by atoms with E-state index in [0.717, 1.165) is 224 Å². The minimum absolute atomic E-state index is 0.00841. The van der Waals surface area contributed by atoms with Crippen LogP contribution in [0.5, 0.6) is 0 Å². The highest BCUT2D eigenvalue weighted by Crippen LogP contribution is 2.56. The Morgan fingerprint density at radius 3 is 1.35 bits per heavy atom. The van der Waals surface area contributed by atoms with E-state index in [1.54, 1.807) is 18.2 Å². The quantitative estimate of drug-likeness (QED) is 0.0229. The zero-order valence-corrected chi connectivity index (χ0v) is 67.9. The number of hydrogen-bond acceptors (Lipinski definition) is 18. The summed E-state index contributed by atoms with van der Waals surface area (Å²) < 4.78 is 79.9. The second kappa shape index (κ2) is 38.2. The number of benzene rings is 3. The zero-order chi connectivity index (χ0) is 80.3. The van der Waals surface area contributed by atoms with Crippen LogP contribution >= 0.6 is 0 Å². The molecule has 2 aliphatic carbocycles. The number of halogens is 3. The number of aryl methyl sites for hydroxylation is 6. The number of pyridine rings is 3. The fourth-order valence-corrected chi connectivity index (χ4v) is 19.1. The molecule has 0 bridgehead atoms. The maximum Gasteiger partial charge on any atom is 0.325 e. The van der Waals surface area contributed by atoms with Gasteiger partial charge in [0, 0.05) is 95.8 Å². The van der Waals surface area contributed by atoms with Gasteiger partial charge in [-0.05, 0) is 294 Å². The number of carboxylic acids is 3. The summed E-state index contributed by atoms with van der Waals surface area (Å²) in [5.74, 6) is -0.850. The van der Waals surface area contributed by atoms with Crippen LogP contribution in [0, 0.1) is 33.7 Å². The van der Waals surface area contributed by atoms with Crippen LogP contribution in [0.1, 0.15) is 246 Å². The normalized spacial score (nSPS) is 24.8. The van der Waals surface area contributed by atoms with E-state index in [9.17, 15) is 42.9 Å². The predicted octanol–water partition coefficient (Wildman–Crippen LogP) is 16.0. The van der Waals surface area contributed by atoms with Crippen molar-refractivity contribution in [2.45, 2.75) is 249 Å². The van der Waals surface area contributed by atoms with E-state index in [4.69, 9.17) is 43.4 Å². The van der Waals surface area contributed by atoms with Crippen molar-refractivity contribution in [1.29, 1.82) is 0 Å². The minimum atomic E-state index is -0.971. The van der Waals surface area contributed by atoms with Gasteiger partial charge in [-0.2, -0.15) is 0 Å². The average molecular weight is 1600 g/mol. The van der Waals surface area contributed by atoms with E-state index < -0.39 is 47.7 Å². The Hall–Kier alpha value is -7.65. The number of fused-ring (bicyclic) bond motifs is 3. The standard InChI is InChI=1S/2C31H40FN3O4.C30H40FN3O4/c32-23-7-9-25(26-10-12-31(13-14-31)20-39-26)22(18-23)19-35-16-11-27(28(35)30(36)37)38-17-2-1-5-24-8-6-21-4-3-15-33-29(21)34-24;32-22-7-9-25(27-10-12-31(13-14-31)20-39-27)26(18-22)28(30(36)37)35-16-11-24(19-35)38-17-2-1-5-23-8-6-21-4-3-15-33-29(21)34-23;1-30(2)17-26(38-19-30)24-11-9-21(31)16-25(24)27(29(35)36)34-14-12-23(18-34)37-15-4-3-7-22-10-8-20-6-5-13-32-28(20)33-22/h6-9,18,26-28H,1-5,10-17,19-20H2,(H,33,34)(H,36,37);6-9,18,24,27-28H,1-5,10-17,19-20H2,(H,33,34)(H,36,37);8-11,16,23,26-27H,3-7,12-15,17-19H2,1-2H3,(H,32,33)(H,35,36)/t26-,27+,28?;24-,27-,28-;23-,26?,27-/m011/s1. The third-order valence-corrected chi connectivity index (χ3v) is 26.2. The molecule has 6 N–H and O–H groups in total. The molecule has 9 aliphatic heterocycles. The number of nitrogens with one attached hydrogen (secondary N) is 3. The Kier molecular flexibility index (Phi) is 27.4. The monoisotopic (exact) mass is 1600 g/mol. The molecule has 12 heterocycles. The predicted molar refractivity (Wildman–Crippen MR) is 436 cm³/mol. The fraction of sp³-hybridized carbons (Fsp3) is 0.609. The van der Waals surface area contributed by atoms with Crippen molar-refractivity contribution in [1.82, 2.24) is 29.7 Å². The lowest BCUT2D eigenvalue weighted by Crippen LogP contribution is -2.42. The molecule has 2 saturated carbocycles. The molecule has 21 nitrogen and oxygen atoms in total. The Morgan fingerprint density at radius 2 is 0.931 bits per heavy atom. The van der Waals surface area contributed by atoms with Crippen LogP contribution in [0.2, 0.25) is 0 Å². The molecule has 17 rings (SSSR count). The number of aromatic nitrogens is 3. The molecule has 3 aromatic carbocycles. The van der Waals surface area contributed by atoms with Gasteiger partial charge in [0.1, 0.15) is 53.0 Å². The van der Waals surface area contributed by atoms with Gasteiger partial charge in [0.05, 0.1) is 56.4 Å². The summed E-state index contributed by atoms with van der Waals surface area (Å²) in [7, 11) is 0. The van der Waals surface area contributed by atoms with Gasteiger partial charge in [0.2, 0.25) is 0 Å². The first-order chi connectivity index (χ1) is 56.3. The molecule has 11 aliphatic rings. The maximum atomic E-state index is 14.4. The Labute approximate surface area is 681 Å². The summed E-state index contributed by atoms with van der Waals surface area (Å²) in [6.07, 6.45) is 26.1. The molecule has 0 radical (unpaired) electrons. The smallest absolute Gasteiger partial charge is 0.325 e. The molecule has 8 fully saturated rings. The third-order valence-electron chi connectivity index (χ3n) is 26.2. The number of anilines is 3. The van der Waals surface area contributed by atoms with Crippen LogP contribution in [-0.2, 0) is 87.9 Å². The van der Waals surface area contributed by atoms with Gasteiger partial charge in [-0.25, -0.2) is 28.1 Å². The van der Waals surface area contributed by atoms with E-state index in [1.807, 2.05) is 20.8 Å². The number of aliphatic carboxylic acids is 3. The van der Waals surface area contributed by atoms with Crippen molar-refractivity contribution in [3.8, 4) is 0 Å². The van der Waals surface area contributed by atoms with Gasteiger partial charge in [0.25, 0.3) is 0 Å². The second-order valence-corrected chi connectivity index (χ2v) is 35.6. The first-order valence-electron chi connectivity index (χ1n) is 43.4. The summed E-state index contributed by atoms with van der Waals surface area (Å²) in [4.78, 5) is 57.4. The second-order valence-electron chi connectivity index (χ2n) is 35.6. The van der Waals surface area contributed by atoms with Crippen molar-refractivity contribution in [3.63, 3.8) is 0 Å². The van der Waals surface area contributed by atoms with Crippen LogP contribution < -0.4 is 16.0 Å². The van der Waals surface area contributed by atoms with Crippen LogP contribution in [0.15, 0.2) is 91.0 Å². The molecule has 2 spiro atoms. The van der Waals surface area contributed by atoms with Crippen LogP contribution in [-0.4, -0.2) is 179 Å². The molecule has 9 atom stereocenters. The zero-order valence-electron chi connectivity index (χ0n) is 67.9. The highest BCUT2D eigenvalue weighted by molar-refractivity contribution is 5.77. The molecule has 3 aromatic heterocycles. The largest absolute Gasteiger partial charge is 0.480 e. The summed E-state index contributed by atoms with van der Waals surface area (Å²) in [6, 6.07) is 24.3. The van der Waals surface area contributed by atoms with E-state index in [-0.39, 0.29) is 47.9 Å². The van der Waals surface area contributed by atoms with Crippen LogP contribution in [0.25, 0.3) is 0 Å². The number of carboxylic acid groups (broad SMARTS) is 3. The van der Waals surface area contributed by atoms with Gasteiger partial charge < -0.3 is 59.7 Å². The lowest BCUT2D eigenvalue weighted by molar-refractivity contribution is -0.147. The molecule has 626 valence electrons. The summed E-state index contributed by atoms with van der Waals surface area (Å²) in [5, 5.41) is 40.7. The molecule has 2 unspecified atom stereocenters. The van der Waals surface area contributed by atoms with Crippen molar-refractivity contribution >= 4 is 35.4 Å². The minimum Gasteiger partial charge on any atom is -0.480 e. The van der Waals surface area contributed by atoms with Gasteiger partial charge in [-0.1, -0.05) is 50.2 Å². The topological polar surface area (TPSA) is 252 Å². The molecular formula is C92H120F3N9O12. The van der Waals surface area contributed by atoms with E-state index in [1.165, 1.54) is 72.7 Å². The molecule has 24 heteroatoms. The molecule has 116 heavy (non-hydrogen) atoms. The van der Waals surface area contributed by atoms with Gasteiger partial charge >= 0.3 is 17.9 Å². The van der Waals surface area contributed by atoms with Gasteiger partial charge in [0.15, 0.2) is 0 Å². The maximum absolute atomic E-state index is 14.4. The summed E-state index contributed by atoms with van der Waals surface area (Å²) in [6.45, 7) is 14.4. The number of hydrogen-bond donors (Lipinski definition) is 6.